The summed E-state index contributed by atoms with van der Waals surface area (Å²) in [6.07, 6.45) is 0.388. The van der Waals surface area contributed by atoms with Gasteiger partial charge in [0.25, 0.3) is 0 Å². The lowest BCUT2D eigenvalue weighted by Gasteiger charge is -2.11. The molecule has 0 aliphatic heterocycles. The molecule has 0 aliphatic carbocycles. The minimum Gasteiger partial charge on any atom is -0.393 e. The van der Waals surface area contributed by atoms with E-state index in [1.165, 1.54) is 0 Å². The third-order valence-corrected chi connectivity index (χ3v) is 2.26. The summed E-state index contributed by atoms with van der Waals surface area (Å²) in [6, 6.07) is 9.11. The average Bonchev–Trinajstić information content (AvgIpc) is 2.17. The van der Waals surface area contributed by atoms with Gasteiger partial charge in [-0.25, -0.2) is 0 Å². The molecule has 1 atom stereocenters. The van der Waals surface area contributed by atoms with Gasteiger partial charge in [0.15, 0.2) is 5.78 Å². The predicted molar refractivity (Wildman–Crippen MR) is 60.9 cm³/mol. The Hall–Kier alpha value is -1.15. The van der Waals surface area contributed by atoms with Crippen LogP contribution in [-0.2, 0) is 0 Å². The van der Waals surface area contributed by atoms with Gasteiger partial charge in [-0.1, -0.05) is 44.2 Å². The van der Waals surface area contributed by atoms with Crippen LogP contribution in [-0.4, -0.2) is 17.0 Å². The van der Waals surface area contributed by atoms with Crippen LogP contribution in [0, 0.1) is 5.92 Å². The van der Waals surface area contributed by atoms with Crippen molar-refractivity contribution in [1.82, 2.24) is 0 Å². The topological polar surface area (TPSA) is 37.3 Å². The van der Waals surface area contributed by atoms with Crippen molar-refractivity contribution in [3.8, 4) is 0 Å². The molecule has 15 heavy (non-hydrogen) atoms. The predicted octanol–water partition coefficient (Wildman–Crippen LogP) is 2.67. The van der Waals surface area contributed by atoms with E-state index in [-0.39, 0.29) is 12.2 Å². The molecule has 1 unspecified atom stereocenters. The number of aliphatic hydroxyl groups excluding tert-OH is 1. The molecule has 1 aromatic rings. The van der Waals surface area contributed by atoms with Gasteiger partial charge in [0.1, 0.15) is 0 Å². The fourth-order valence-corrected chi connectivity index (χ4v) is 1.58. The van der Waals surface area contributed by atoms with Crippen LogP contribution in [0.4, 0.5) is 0 Å². The molecule has 0 aromatic heterocycles. The normalized spacial score (nSPS) is 12.8. The number of hydrogen-bond donors (Lipinski definition) is 1. The number of ketones is 1. The zero-order chi connectivity index (χ0) is 11.3. The average molecular weight is 206 g/mol. The van der Waals surface area contributed by atoms with E-state index < -0.39 is 6.10 Å². The van der Waals surface area contributed by atoms with E-state index in [9.17, 15) is 9.90 Å². The number of Topliss-reactive ketones (excluding diaryl/α,β-unsaturated/α-hetero) is 1. The van der Waals surface area contributed by atoms with Gasteiger partial charge >= 0.3 is 0 Å². The van der Waals surface area contributed by atoms with Crippen LogP contribution in [0.5, 0.6) is 0 Å². The summed E-state index contributed by atoms with van der Waals surface area (Å²) >= 11 is 0. The van der Waals surface area contributed by atoms with E-state index in [0.717, 1.165) is 0 Å². The maximum absolute atomic E-state index is 11.7. The summed E-state index contributed by atoms with van der Waals surface area (Å²) in [5.41, 5.74) is 0.681. The van der Waals surface area contributed by atoms with Crippen molar-refractivity contribution in [2.24, 2.45) is 5.92 Å². The van der Waals surface area contributed by atoms with Gasteiger partial charge in [-0.2, -0.15) is 0 Å². The molecule has 0 aliphatic rings. The molecule has 0 bridgehead atoms. The fourth-order valence-electron chi connectivity index (χ4n) is 1.58. The van der Waals surface area contributed by atoms with Crippen molar-refractivity contribution in [2.45, 2.75) is 32.8 Å². The van der Waals surface area contributed by atoms with Crippen molar-refractivity contribution in [2.75, 3.05) is 0 Å². The number of carbonyl (C=O) groups excluding carboxylic acids is 1. The smallest absolute Gasteiger partial charge is 0.165 e. The first-order valence-electron chi connectivity index (χ1n) is 5.36. The second-order valence-electron chi connectivity index (χ2n) is 4.28. The van der Waals surface area contributed by atoms with Crippen molar-refractivity contribution in [1.29, 1.82) is 0 Å². The first-order valence-corrected chi connectivity index (χ1v) is 5.36. The van der Waals surface area contributed by atoms with Gasteiger partial charge in [-0.3, -0.25) is 4.79 Å². The van der Waals surface area contributed by atoms with E-state index in [1.54, 1.807) is 12.1 Å². The summed E-state index contributed by atoms with van der Waals surface area (Å²) < 4.78 is 0. The zero-order valence-electron chi connectivity index (χ0n) is 9.31. The lowest BCUT2D eigenvalue weighted by molar-refractivity contribution is 0.0847. The van der Waals surface area contributed by atoms with E-state index in [2.05, 4.69) is 0 Å². The largest absolute Gasteiger partial charge is 0.393 e. The molecule has 0 amide bonds. The van der Waals surface area contributed by atoms with Crippen molar-refractivity contribution < 1.29 is 9.90 Å². The standard InChI is InChI=1S/C13H18O2/c1-10(2)8-12(14)9-13(15)11-6-4-3-5-7-11/h3-7,10,12,14H,8-9H2,1-2H3. The van der Waals surface area contributed by atoms with Crippen LogP contribution < -0.4 is 0 Å². The molecule has 1 N–H and O–H groups in total. The van der Waals surface area contributed by atoms with E-state index >= 15 is 0 Å². The lowest BCUT2D eigenvalue weighted by Crippen LogP contribution is -2.15. The first-order chi connectivity index (χ1) is 7.09. The maximum Gasteiger partial charge on any atom is 0.165 e. The Balaban J connectivity index is 2.49. The van der Waals surface area contributed by atoms with Gasteiger partial charge in [-0.05, 0) is 12.3 Å². The van der Waals surface area contributed by atoms with Gasteiger partial charge in [0.2, 0.25) is 0 Å². The number of hydrogen-bond acceptors (Lipinski definition) is 2. The number of aliphatic hydroxyl groups is 1. The lowest BCUT2D eigenvalue weighted by atomic mass is 9.99. The van der Waals surface area contributed by atoms with Crippen molar-refractivity contribution >= 4 is 5.78 Å². The zero-order valence-corrected chi connectivity index (χ0v) is 9.31. The maximum atomic E-state index is 11.7. The molecule has 0 heterocycles. The third-order valence-electron chi connectivity index (χ3n) is 2.26. The molecule has 82 valence electrons. The summed E-state index contributed by atoms with van der Waals surface area (Å²) in [7, 11) is 0. The molecule has 1 rings (SSSR count). The monoisotopic (exact) mass is 206 g/mol. The van der Waals surface area contributed by atoms with Gasteiger partial charge in [-0.15, -0.1) is 0 Å². The minimum absolute atomic E-state index is 0.0174. The molecule has 2 nitrogen and oxygen atoms in total. The summed E-state index contributed by atoms with van der Waals surface area (Å²) in [5, 5.41) is 9.63. The Morgan fingerprint density at radius 3 is 2.40 bits per heavy atom. The Morgan fingerprint density at radius 1 is 1.27 bits per heavy atom. The Labute approximate surface area is 90.9 Å². The van der Waals surface area contributed by atoms with E-state index in [0.29, 0.717) is 17.9 Å². The van der Waals surface area contributed by atoms with Crippen LogP contribution in [0.25, 0.3) is 0 Å². The van der Waals surface area contributed by atoms with E-state index in [1.807, 2.05) is 32.0 Å². The Morgan fingerprint density at radius 2 is 1.87 bits per heavy atom. The number of rotatable bonds is 5. The highest BCUT2D eigenvalue weighted by atomic mass is 16.3. The molecule has 1 aromatic carbocycles. The third kappa shape index (κ3) is 4.26. The van der Waals surface area contributed by atoms with Gasteiger partial charge in [0.05, 0.1) is 6.10 Å². The fraction of sp³-hybridized carbons (Fsp3) is 0.462. The molecule has 0 saturated carbocycles. The number of benzene rings is 1. The van der Waals surface area contributed by atoms with Crippen LogP contribution in [0.2, 0.25) is 0 Å². The molecular formula is C13H18O2. The second-order valence-corrected chi connectivity index (χ2v) is 4.28. The molecule has 0 saturated heterocycles. The second kappa shape index (κ2) is 5.66. The summed E-state index contributed by atoms with van der Waals surface area (Å²) in [6.45, 7) is 4.08. The molecule has 0 spiro atoms. The van der Waals surface area contributed by atoms with Crippen LogP contribution in [0.3, 0.4) is 0 Å². The van der Waals surface area contributed by atoms with Crippen molar-refractivity contribution in [3.63, 3.8) is 0 Å². The van der Waals surface area contributed by atoms with Crippen LogP contribution >= 0.6 is 0 Å². The highest BCUT2D eigenvalue weighted by Gasteiger charge is 2.13. The van der Waals surface area contributed by atoms with Gasteiger partial charge in [0, 0.05) is 12.0 Å². The Bertz CT molecular complexity index is 304. The molecule has 0 radical (unpaired) electrons. The SMILES string of the molecule is CC(C)CC(O)CC(=O)c1ccccc1. The molecular weight excluding hydrogens is 188 g/mol. The van der Waals surface area contributed by atoms with Crippen molar-refractivity contribution in [3.05, 3.63) is 35.9 Å². The first kappa shape index (κ1) is 11.9. The van der Waals surface area contributed by atoms with Gasteiger partial charge < -0.3 is 5.11 Å². The Kier molecular flexibility index (Phi) is 4.50. The quantitative estimate of drug-likeness (QED) is 0.752. The van der Waals surface area contributed by atoms with Crippen LogP contribution in [0.15, 0.2) is 30.3 Å². The van der Waals surface area contributed by atoms with E-state index in [4.69, 9.17) is 0 Å². The molecule has 0 fully saturated rings. The number of carbonyl (C=O) groups is 1. The summed E-state index contributed by atoms with van der Waals surface area (Å²) in [5.74, 6) is 0.437. The summed E-state index contributed by atoms with van der Waals surface area (Å²) in [4.78, 5) is 11.7. The highest BCUT2D eigenvalue weighted by molar-refractivity contribution is 5.96. The molecule has 2 heteroatoms. The highest BCUT2D eigenvalue weighted by Crippen LogP contribution is 2.11. The minimum atomic E-state index is -0.516. The van der Waals surface area contributed by atoms with Crippen LogP contribution in [0.1, 0.15) is 37.0 Å².